The molecule has 0 aliphatic carbocycles. The number of para-hydroxylation sites is 2. The number of fused-ring (bicyclic) bond motifs is 1. The van der Waals surface area contributed by atoms with Crippen LogP contribution in [0, 0.1) is 0 Å². The van der Waals surface area contributed by atoms with E-state index < -0.39 is 6.10 Å². The van der Waals surface area contributed by atoms with Gasteiger partial charge in [-0.25, -0.2) is 4.98 Å². The van der Waals surface area contributed by atoms with Crippen LogP contribution in [-0.4, -0.2) is 24.2 Å². The molecule has 5 nitrogen and oxygen atoms in total. The second-order valence-corrected chi connectivity index (χ2v) is 5.53. The summed E-state index contributed by atoms with van der Waals surface area (Å²) < 4.78 is 5.98. The summed E-state index contributed by atoms with van der Waals surface area (Å²) in [5.41, 5.74) is 2.10. The molecule has 0 saturated carbocycles. The van der Waals surface area contributed by atoms with Crippen LogP contribution in [0.3, 0.4) is 0 Å². The van der Waals surface area contributed by atoms with Crippen molar-refractivity contribution in [1.82, 2.24) is 19.1 Å². The summed E-state index contributed by atoms with van der Waals surface area (Å²) in [4.78, 5) is 5.43. The number of imidazole rings is 1. The summed E-state index contributed by atoms with van der Waals surface area (Å²) in [6.07, 6.45) is 2.54. The summed E-state index contributed by atoms with van der Waals surface area (Å²) >= 11 is 1.23. The van der Waals surface area contributed by atoms with Gasteiger partial charge in [-0.1, -0.05) is 23.5 Å². The predicted octanol–water partition coefficient (Wildman–Crippen LogP) is 2.57. The normalized spacial score (nSPS) is 12.9. The first-order valence-electron chi connectivity index (χ1n) is 6.69. The topological polar surface area (TPSA) is 63.8 Å². The molecule has 104 valence electrons. The van der Waals surface area contributed by atoms with Crippen molar-refractivity contribution in [2.24, 2.45) is 0 Å². The molecular weight excluding hydrogens is 272 g/mol. The first kappa shape index (κ1) is 13.2. The summed E-state index contributed by atoms with van der Waals surface area (Å²) in [5, 5.41) is 14.0. The van der Waals surface area contributed by atoms with Gasteiger partial charge in [0.2, 0.25) is 0 Å². The Morgan fingerprint density at radius 2 is 2.20 bits per heavy atom. The van der Waals surface area contributed by atoms with E-state index in [9.17, 15) is 5.11 Å². The van der Waals surface area contributed by atoms with Crippen LogP contribution in [0.4, 0.5) is 0 Å². The molecule has 6 heteroatoms. The maximum atomic E-state index is 10.3. The molecule has 0 radical (unpaired) electrons. The lowest BCUT2D eigenvalue weighted by molar-refractivity contribution is 0.178. The Morgan fingerprint density at radius 3 is 2.95 bits per heavy atom. The van der Waals surface area contributed by atoms with Gasteiger partial charge in [-0.2, -0.15) is 0 Å². The SMILES string of the molecule is CCCn1c(CC(O)c2cnns2)nc2ccccc21. The molecule has 0 aliphatic heterocycles. The zero-order chi connectivity index (χ0) is 13.9. The smallest absolute Gasteiger partial charge is 0.112 e. The molecule has 0 aliphatic rings. The highest BCUT2D eigenvalue weighted by molar-refractivity contribution is 7.05. The average Bonchev–Trinajstić information content (AvgIpc) is 3.08. The Kier molecular flexibility index (Phi) is 3.75. The molecule has 2 aromatic heterocycles. The fourth-order valence-electron chi connectivity index (χ4n) is 2.35. The highest BCUT2D eigenvalue weighted by atomic mass is 32.1. The quantitative estimate of drug-likeness (QED) is 0.783. The van der Waals surface area contributed by atoms with Crippen LogP contribution in [0.25, 0.3) is 11.0 Å². The van der Waals surface area contributed by atoms with E-state index in [1.54, 1.807) is 6.20 Å². The van der Waals surface area contributed by atoms with Crippen molar-refractivity contribution in [3.8, 4) is 0 Å². The Hall–Kier alpha value is -1.79. The van der Waals surface area contributed by atoms with Gasteiger partial charge >= 0.3 is 0 Å². The Bertz CT molecular complexity index is 692. The van der Waals surface area contributed by atoms with E-state index in [0.717, 1.165) is 34.7 Å². The lowest BCUT2D eigenvalue weighted by Gasteiger charge is -2.10. The third kappa shape index (κ3) is 2.44. The van der Waals surface area contributed by atoms with Gasteiger partial charge in [-0.15, -0.1) is 5.10 Å². The number of aryl methyl sites for hydroxylation is 1. The third-order valence-corrected chi connectivity index (χ3v) is 4.03. The molecule has 2 heterocycles. The standard InChI is InChI=1S/C14H16N4OS/c1-2-7-18-11-6-4-3-5-10(11)16-14(18)8-12(19)13-9-15-17-20-13/h3-6,9,12,19H,2,7-8H2,1H3. The van der Waals surface area contributed by atoms with Gasteiger partial charge in [-0.05, 0) is 30.1 Å². The second-order valence-electron chi connectivity index (χ2n) is 4.71. The lowest BCUT2D eigenvalue weighted by Crippen LogP contribution is -2.08. The van der Waals surface area contributed by atoms with Crippen LogP contribution >= 0.6 is 11.5 Å². The zero-order valence-electron chi connectivity index (χ0n) is 11.2. The van der Waals surface area contributed by atoms with Gasteiger partial charge in [0.1, 0.15) is 5.82 Å². The predicted molar refractivity (Wildman–Crippen MR) is 78.6 cm³/mol. The van der Waals surface area contributed by atoms with Crippen molar-refractivity contribution in [1.29, 1.82) is 0 Å². The van der Waals surface area contributed by atoms with Crippen LogP contribution in [0.1, 0.15) is 30.2 Å². The van der Waals surface area contributed by atoms with Crippen LogP contribution in [0.5, 0.6) is 0 Å². The molecule has 0 fully saturated rings. The fraction of sp³-hybridized carbons (Fsp3) is 0.357. The highest BCUT2D eigenvalue weighted by Crippen LogP contribution is 2.23. The van der Waals surface area contributed by atoms with Crippen LogP contribution in [0.2, 0.25) is 0 Å². The van der Waals surface area contributed by atoms with E-state index in [0.29, 0.717) is 6.42 Å². The first-order chi connectivity index (χ1) is 9.79. The van der Waals surface area contributed by atoms with Crippen molar-refractivity contribution in [2.75, 3.05) is 0 Å². The van der Waals surface area contributed by atoms with Crippen molar-refractivity contribution in [3.05, 3.63) is 41.2 Å². The molecule has 20 heavy (non-hydrogen) atoms. The van der Waals surface area contributed by atoms with Crippen molar-refractivity contribution >= 4 is 22.6 Å². The summed E-state index contributed by atoms with van der Waals surface area (Å²) in [5.74, 6) is 0.911. The van der Waals surface area contributed by atoms with E-state index in [1.165, 1.54) is 11.5 Å². The second kappa shape index (κ2) is 5.68. The van der Waals surface area contributed by atoms with Gasteiger partial charge in [0.05, 0.1) is 28.2 Å². The van der Waals surface area contributed by atoms with Crippen molar-refractivity contribution in [2.45, 2.75) is 32.4 Å². The minimum Gasteiger partial charge on any atom is -0.387 e. The number of hydrogen-bond donors (Lipinski definition) is 1. The maximum Gasteiger partial charge on any atom is 0.112 e. The van der Waals surface area contributed by atoms with E-state index in [1.807, 2.05) is 18.2 Å². The number of aromatic nitrogens is 4. The van der Waals surface area contributed by atoms with Crippen LogP contribution in [-0.2, 0) is 13.0 Å². The summed E-state index contributed by atoms with van der Waals surface area (Å²) in [6, 6.07) is 8.08. The van der Waals surface area contributed by atoms with Gasteiger partial charge in [0.15, 0.2) is 0 Å². The third-order valence-electron chi connectivity index (χ3n) is 3.26. The number of aliphatic hydroxyl groups excluding tert-OH is 1. The van der Waals surface area contributed by atoms with E-state index >= 15 is 0 Å². The molecule has 0 saturated heterocycles. The van der Waals surface area contributed by atoms with Gasteiger partial charge in [0.25, 0.3) is 0 Å². The minimum absolute atomic E-state index is 0.485. The molecule has 3 aromatic rings. The van der Waals surface area contributed by atoms with Gasteiger partial charge < -0.3 is 9.67 Å². The van der Waals surface area contributed by atoms with E-state index in [2.05, 4.69) is 32.1 Å². The Balaban J connectivity index is 1.96. The number of aliphatic hydroxyl groups is 1. The van der Waals surface area contributed by atoms with E-state index in [-0.39, 0.29) is 0 Å². The Labute approximate surface area is 121 Å². The molecule has 0 amide bonds. The number of hydrogen-bond acceptors (Lipinski definition) is 5. The molecule has 0 spiro atoms. The highest BCUT2D eigenvalue weighted by Gasteiger charge is 2.17. The maximum absolute atomic E-state index is 10.3. The zero-order valence-corrected chi connectivity index (χ0v) is 12.0. The molecule has 0 bridgehead atoms. The largest absolute Gasteiger partial charge is 0.387 e. The molecule has 1 unspecified atom stereocenters. The molecule has 1 atom stereocenters. The molecule has 1 aromatic carbocycles. The lowest BCUT2D eigenvalue weighted by atomic mass is 10.2. The van der Waals surface area contributed by atoms with Gasteiger partial charge in [-0.3, -0.25) is 0 Å². The monoisotopic (exact) mass is 288 g/mol. The Morgan fingerprint density at radius 1 is 1.35 bits per heavy atom. The number of rotatable bonds is 5. The summed E-state index contributed by atoms with van der Waals surface area (Å²) in [7, 11) is 0. The van der Waals surface area contributed by atoms with Crippen molar-refractivity contribution in [3.63, 3.8) is 0 Å². The van der Waals surface area contributed by atoms with Crippen LogP contribution in [0.15, 0.2) is 30.5 Å². The summed E-state index contributed by atoms with van der Waals surface area (Å²) in [6.45, 7) is 3.05. The fourth-order valence-corrected chi connectivity index (χ4v) is 2.84. The average molecular weight is 288 g/mol. The van der Waals surface area contributed by atoms with E-state index in [4.69, 9.17) is 0 Å². The van der Waals surface area contributed by atoms with Gasteiger partial charge in [0, 0.05) is 13.0 Å². The molecular formula is C14H16N4OS. The van der Waals surface area contributed by atoms with Crippen LogP contribution < -0.4 is 0 Å². The van der Waals surface area contributed by atoms with Crippen molar-refractivity contribution < 1.29 is 5.11 Å². The number of benzene rings is 1. The first-order valence-corrected chi connectivity index (χ1v) is 7.46. The molecule has 3 rings (SSSR count). The molecule has 1 N–H and O–H groups in total. The number of nitrogens with zero attached hydrogens (tertiary/aromatic N) is 4. The minimum atomic E-state index is -0.595.